The van der Waals surface area contributed by atoms with Gasteiger partial charge in [-0.3, -0.25) is 4.79 Å². The van der Waals surface area contributed by atoms with Crippen LogP contribution in [0.15, 0.2) is 53.9 Å². The summed E-state index contributed by atoms with van der Waals surface area (Å²) in [6, 6.07) is 15.8. The molecule has 0 saturated heterocycles. The van der Waals surface area contributed by atoms with Crippen molar-refractivity contribution >= 4 is 17.2 Å². The first kappa shape index (κ1) is 22.0. The van der Waals surface area contributed by atoms with Crippen LogP contribution in [-0.2, 0) is 29.1 Å². The van der Waals surface area contributed by atoms with Crippen LogP contribution in [0, 0.1) is 13.8 Å². The first-order valence-electron chi connectivity index (χ1n) is 9.99. The van der Waals surface area contributed by atoms with Gasteiger partial charge in [0, 0.05) is 19.0 Å². The number of carbonyl (C=O) groups excluding carboxylic acids is 1. The Balaban J connectivity index is 1.61. The molecule has 6 heteroatoms. The third kappa shape index (κ3) is 6.15. The summed E-state index contributed by atoms with van der Waals surface area (Å²) in [5.74, 6) is 0.950. The average Bonchev–Trinajstić information content (AvgIpc) is 3.20. The topological polar surface area (TPSA) is 51.7 Å². The molecule has 3 aromatic rings. The number of amides is 1. The van der Waals surface area contributed by atoms with Crippen LogP contribution in [0.5, 0.6) is 5.75 Å². The minimum absolute atomic E-state index is 0.0689. The Hall–Kier alpha value is -2.70. The van der Waals surface area contributed by atoms with E-state index in [4.69, 9.17) is 9.47 Å². The molecule has 1 amide bonds. The Morgan fingerprint density at radius 1 is 1.10 bits per heavy atom. The molecular formula is C24H28N2O3S. The molecule has 0 radical (unpaired) electrons. The zero-order chi connectivity index (χ0) is 21.3. The zero-order valence-corrected chi connectivity index (χ0v) is 18.6. The van der Waals surface area contributed by atoms with Gasteiger partial charge in [-0.05, 0) is 36.6 Å². The lowest BCUT2D eigenvalue weighted by Gasteiger charge is -2.21. The average molecular weight is 425 g/mol. The number of thiazole rings is 1. The van der Waals surface area contributed by atoms with Crippen molar-refractivity contribution in [1.29, 1.82) is 0 Å². The summed E-state index contributed by atoms with van der Waals surface area (Å²) in [5.41, 5.74) is 4.23. The third-order valence-electron chi connectivity index (χ3n) is 4.97. The van der Waals surface area contributed by atoms with Crippen LogP contribution in [0.3, 0.4) is 0 Å². The maximum Gasteiger partial charge on any atom is 0.227 e. The standard InChI is InChI=1S/C24H28N2O3S/c1-18-8-7-11-22(19(18)2)29-16-23-25-21(17-30-23)15-26(12-13-28-3)24(27)14-20-9-5-4-6-10-20/h4-11,17H,12-16H2,1-3H3. The molecule has 0 bridgehead atoms. The molecule has 3 rings (SSSR count). The van der Waals surface area contributed by atoms with E-state index in [-0.39, 0.29) is 5.91 Å². The van der Waals surface area contributed by atoms with Crippen molar-refractivity contribution < 1.29 is 14.3 Å². The summed E-state index contributed by atoms with van der Waals surface area (Å²) >= 11 is 1.56. The lowest BCUT2D eigenvalue weighted by molar-refractivity contribution is -0.131. The van der Waals surface area contributed by atoms with Gasteiger partial charge in [0.05, 0.1) is 25.3 Å². The van der Waals surface area contributed by atoms with E-state index in [0.29, 0.717) is 32.7 Å². The smallest absolute Gasteiger partial charge is 0.227 e. The van der Waals surface area contributed by atoms with Crippen LogP contribution in [0.1, 0.15) is 27.4 Å². The van der Waals surface area contributed by atoms with E-state index >= 15 is 0 Å². The first-order valence-corrected chi connectivity index (χ1v) is 10.9. The van der Waals surface area contributed by atoms with Gasteiger partial charge in [0.25, 0.3) is 0 Å². The normalized spacial score (nSPS) is 10.8. The second-order valence-electron chi connectivity index (χ2n) is 7.19. The Labute approximate surface area is 182 Å². The summed E-state index contributed by atoms with van der Waals surface area (Å²) in [6.07, 6.45) is 0.372. The summed E-state index contributed by atoms with van der Waals surface area (Å²) in [5, 5.41) is 2.89. The number of aryl methyl sites for hydroxylation is 1. The molecule has 30 heavy (non-hydrogen) atoms. The van der Waals surface area contributed by atoms with E-state index in [1.165, 1.54) is 5.56 Å². The molecule has 0 spiro atoms. The number of methoxy groups -OCH3 is 1. The molecule has 0 N–H and O–H groups in total. The van der Waals surface area contributed by atoms with Gasteiger partial charge in [-0.1, -0.05) is 42.5 Å². The second-order valence-corrected chi connectivity index (χ2v) is 8.13. The van der Waals surface area contributed by atoms with Gasteiger partial charge in [0.2, 0.25) is 5.91 Å². The number of aromatic nitrogens is 1. The quantitative estimate of drug-likeness (QED) is 0.479. The van der Waals surface area contributed by atoms with Gasteiger partial charge in [-0.15, -0.1) is 11.3 Å². The van der Waals surface area contributed by atoms with Gasteiger partial charge in [0.1, 0.15) is 17.4 Å². The van der Waals surface area contributed by atoms with Crippen LogP contribution in [-0.4, -0.2) is 36.1 Å². The van der Waals surface area contributed by atoms with Crippen LogP contribution in [0.4, 0.5) is 0 Å². The fraction of sp³-hybridized carbons (Fsp3) is 0.333. The van der Waals surface area contributed by atoms with Crippen molar-refractivity contribution in [1.82, 2.24) is 9.88 Å². The van der Waals surface area contributed by atoms with Crippen LogP contribution in [0.2, 0.25) is 0 Å². The summed E-state index contributed by atoms with van der Waals surface area (Å²) in [6.45, 7) is 6.05. The van der Waals surface area contributed by atoms with E-state index in [0.717, 1.165) is 27.6 Å². The molecule has 0 aliphatic rings. The maximum atomic E-state index is 12.8. The fourth-order valence-electron chi connectivity index (χ4n) is 3.08. The Bertz CT molecular complexity index is 956. The lowest BCUT2D eigenvalue weighted by atomic mass is 10.1. The van der Waals surface area contributed by atoms with Gasteiger partial charge < -0.3 is 14.4 Å². The van der Waals surface area contributed by atoms with Crippen molar-refractivity contribution in [2.75, 3.05) is 20.3 Å². The van der Waals surface area contributed by atoms with Crippen LogP contribution >= 0.6 is 11.3 Å². The second kappa shape index (κ2) is 10.9. The number of benzene rings is 2. The van der Waals surface area contributed by atoms with Gasteiger partial charge >= 0.3 is 0 Å². The number of nitrogens with zero attached hydrogens (tertiary/aromatic N) is 2. The predicted octanol–water partition coefficient (Wildman–Crippen LogP) is 4.56. The molecule has 158 valence electrons. The van der Waals surface area contributed by atoms with E-state index in [2.05, 4.69) is 24.9 Å². The molecule has 0 fully saturated rings. The predicted molar refractivity (Wildman–Crippen MR) is 120 cm³/mol. The number of rotatable bonds is 10. The summed E-state index contributed by atoms with van der Waals surface area (Å²) in [4.78, 5) is 19.3. The molecule has 0 unspecified atom stereocenters. The number of hydrogen-bond donors (Lipinski definition) is 0. The first-order chi connectivity index (χ1) is 14.6. The van der Waals surface area contributed by atoms with E-state index in [1.54, 1.807) is 23.3 Å². The summed E-state index contributed by atoms with van der Waals surface area (Å²) < 4.78 is 11.2. The minimum atomic E-state index is 0.0689. The Morgan fingerprint density at radius 2 is 1.90 bits per heavy atom. The third-order valence-corrected chi connectivity index (χ3v) is 5.85. The highest BCUT2D eigenvalue weighted by Gasteiger charge is 2.16. The van der Waals surface area contributed by atoms with Crippen LogP contribution in [0.25, 0.3) is 0 Å². The zero-order valence-electron chi connectivity index (χ0n) is 17.8. The highest BCUT2D eigenvalue weighted by molar-refractivity contribution is 7.09. The molecule has 2 aromatic carbocycles. The molecule has 0 aliphatic heterocycles. The number of hydrogen-bond acceptors (Lipinski definition) is 5. The molecule has 1 aromatic heterocycles. The highest BCUT2D eigenvalue weighted by atomic mass is 32.1. The fourth-order valence-corrected chi connectivity index (χ4v) is 3.78. The van der Waals surface area contributed by atoms with Gasteiger partial charge in [-0.25, -0.2) is 4.98 Å². The van der Waals surface area contributed by atoms with Crippen LogP contribution < -0.4 is 4.74 Å². The van der Waals surface area contributed by atoms with Crippen molar-refractivity contribution in [3.63, 3.8) is 0 Å². The highest BCUT2D eigenvalue weighted by Crippen LogP contribution is 2.22. The van der Waals surface area contributed by atoms with E-state index in [9.17, 15) is 4.79 Å². The largest absolute Gasteiger partial charge is 0.486 e. The van der Waals surface area contributed by atoms with E-state index < -0.39 is 0 Å². The van der Waals surface area contributed by atoms with Gasteiger partial charge in [0.15, 0.2) is 0 Å². The van der Waals surface area contributed by atoms with Crippen molar-refractivity contribution in [3.8, 4) is 5.75 Å². The Morgan fingerprint density at radius 3 is 2.67 bits per heavy atom. The summed E-state index contributed by atoms with van der Waals surface area (Å²) in [7, 11) is 1.64. The monoisotopic (exact) mass is 424 g/mol. The van der Waals surface area contributed by atoms with Crippen molar-refractivity contribution in [2.45, 2.75) is 33.4 Å². The van der Waals surface area contributed by atoms with Crippen molar-refractivity contribution in [2.24, 2.45) is 0 Å². The number of carbonyl (C=O) groups is 1. The molecule has 5 nitrogen and oxygen atoms in total. The number of ether oxygens (including phenoxy) is 2. The SMILES string of the molecule is COCCN(Cc1csc(COc2cccc(C)c2C)n1)C(=O)Cc1ccccc1. The molecule has 1 heterocycles. The molecule has 0 aliphatic carbocycles. The van der Waals surface area contributed by atoms with Crippen molar-refractivity contribution in [3.05, 3.63) is 81.3 Å². The van der Waals surface area contributed by atoms with Gasteiger partial charge in [-0.2, -0.15) is 0 Å². The minimum Gasteiger partial charge on any atom is -0.486 e. The molecule has 0 atom stereocenters. The molecule has 0 saturated carbocycles. The van der Waals surface area contributed by atoms with E-state index in [1.807, 2.05) is 47.8 Å². The molecular weight excluding hydrogens is 396 g/mol. The Kier molecular flexibility index (Phi) is 7.99. The lowest BCUT2D eigenvalue weighted by Crippen LogP contribution is -2.34. The maximum absolute atomic E-state index is 12.8.